The summed E-state index contributed by atoms with van der Waals surface area (Å²) in [5, 5.41) is 1.14. The van der Waals surface area contributed by atoms with Crippen LogP contribution in [0.5, 0.6) is 0 Å². The van der Waals surface area contributed by atoms with Crippen LogP contribution in [0.25, 0.3) is 22.2 Å². The highest BCUT2D eigenvalue weighted by Gasteiger charge is 2.09. The summed E-state index contributed by atoms with van der Waals surface area (Å²) in [6.45, 7) is 2.62. The molecule has 0 aliphatic rings. The fourth-order valence-electron chi connectivity index (χ4n) is 2.46. The van der Waals surface area contributed by atoms with Gasteiger partial charge in [0, 0.05) is 22.0 Å². The molecule has 0 spiro atoms. The number of benzene rings is 2. The first-order valence-electron chi connectivity index (χ1n) is 6.54. The molecule has 1 heterocycles. The van der Waals surface area contributed by atoms with Crippen LogP contribution in [0.15, 0.2) is 53.0 Å². The minimum Gasteiger partial charge on any atom is -0.326 e. The highest BCUT2D eigenvalue weighted by atomic mass is 79.9. The first-order chi connectivity index (χ1) is 9.69. The van der Waals surface area contributed by atoms with E-state index >= 15 is 0 Å². The number of aromatic nitrogens is 1. The minimum atomic E-state index is 0.523. The number of halogens is 1. The molecule has 20 heavy (non-hydrogen) atoms. The first kappa shape index (κ1) is 13.3. The van der Waals surface area contributed by atoms with Crippen molar-refractivity contribution in [3.05, 3.63) is 64.1 Å². The second-order valence-electron chi connectivity index (χ2n) is 4.85. The van der Waals surface area contributed by atoms with Gasteiger partial charge in [-0.15, -0.1) is 0 Å². The molecule has 100 valence electrons. The van der Waals surface area contributed by atoms with Gasteiger partial charge in [-0.3, -0.25) is 0 Å². The van der Waals surface area contributed by atoms with Crippen molar-refractivity contribution < 1.29 is 0 Å². The summed E-state index contributed by atoms with van der Waals surface area (Å²) in [6, 6.07) is 16.5. The summed E-state index contributed by atoms with van der Waals surface area (Å²) in [5.41, 5.74) is 11.3. The van der Waals surface area contributed by atoms with Crippen LogP contribution in [0.4, 0.5) is 0 Å². The number of pyridine rings is 1. The maximum atomic E-state index is 5.84. The van der Waals surface area contributed by atoms with Crippen molar-refractivity contribution in [3.8, 4) is 11.3 Å². The molecule has 0 fully saturated rings. The molecule has 0 bridgehead atoms. The monoisotopic (exact) mass is 326 g/mol. The third-order valence-electron chi connectivity index (χ3n) is 3.46. The smallest absolute Gasteiger partial charge is 0.0742 e. The molecule has 2 nitrogen and oxygen atoms in total. The number of nitrogens with zero attached hydrogens (tertiary/aromatic N) is 1. The molecule has 1 aromatic heterocycles. The molecule has 2 N–H and O–H groups in total. The van der Waals surface area contributed by atoms with Crippen LogP contribution < -0.4 is 5.73 Å². The second-order valence-corrected chi connectivity index (χ2v) is 5.77. The molecule has 0 saturated carbocycles. The Bertz CT molecular complexity index is 781. The minimum absolute atomic E-state index is 0.523. The Kier molecular flexibility index (Phi) is 3.55. The van der Waals surface area contributed by atoms with Crippen LogP contribution in [-0.2, 0) is 6.54 Å². The van der Waals surface area contributed by atoms with Crippen molar-refractivity contribution >= 4 is 26.8 Å². The van der Waals surface area contributed by atoms with Gasteiger partial charge in [-0.25, -0.2) is 4.98 Å². The van der Waals surface area contributed by atoms with Gasteiger partial charge < -0.3 is 5.73 Å². The van der Waals surface area contributed by atoms with E-state index < -0.39 is 0 Å². The Hall–Kier alpha value is -1.71. The molecule has 0 atom stereocenters. The third kappa shape index (κ3) is 2.35. The predicted octanol–water partition coefficient (Wildman–Crippen LogP) is 4.43. The van der Waals surface area contributed by atoms with Crippen LogP contribution in [0.1, 0.15) is 11.1 Å². The number of fused-ring (bicyclic) bond motifs is 1. The zero-order chi connectivity index (χ0) is 14.1. The van der Waals surface area contributed by atoms with Gasteiger partial charge in [0.2, 0.25) is 0 Å². The average molecular weight is 327 g/mol. The average Bonchev–Trinajstić information content (AvgIpc) is 2.46. The highest BCUT2D eigenvalue weighted by molar-refractivity contribution is 9.10. The van der Waals surface area contributed by atoms with Crippen LogP contribution >= 0.6 is 15.9 Å². The number of hydrogen-bond acceptors (Lipinski definition) is 2. The standard InChI is InChI=1S/C17H15BrN2/c1-11-8-13-9-14(18)6-7-16(13)20-17(11)15-5-3-2-4-12(15)10-19/h2-9H,10,19H2,1H3. The van der Waals surface area contributed by atoms with Crippen molar-refractivity contribution in [2.45, 2.75) is 13.5 Å². The quantitative estimate of drug-likeness (QED) is 0.756. The lowest BCUT2D eigenvalue weighted by molar-refractivity contribution is 1.07. The van der Waals surface area contributed by atoms with E-state index in [9.17, 15) is 0 Å². The van der Waals surface area contributed by atoms with E-state index in [1.807, 2.05) is 24.3 Å². The molecule has 0 aliphatic heterocycles. The van der Waals surface area contributed by atoms with Gasteiger partial charge in [-0.2, -0.15) is 0 Å². The van der Waals surface area contributed by atoms with Crippen LogP contribution in [0.3, 0.4) is 0 Å². The molecule has 0 unspecified atom stereocenters. The summed E-state index contributed by atoms with van der Waals surface area (Å²) in [6.07, 6.45) is 0. The van der Waals surface area contributed by atoms with Gasteiger partial charge in [-0.1, -0.05) is 40.2 Å². The Balaban J connectivity index is 2.26. The van der Waals surface area contributed by atoms with Crippen molar-refractivity contribution in [3.63, 3.8) is 0 Å². The SMILES string of the molecule is Cc1cc2cc(Br)ccc2nc1-c1ccccc1CN. The Morgan fingerprint density at radius 2 is 1.90 bits per heavy atom. The molecule has 0 saturated heterocycles. The van der Waals surface area contributed by atoms with Gasteiger partial charge in [-0.05, 0) is 42.3 Å². The van der Waals surface area contributed by atoms with Crippen LogP contribution in [-0.4, -0.2) is 4.98 Å². The zero-order valence-electron chi connectivity index (χ0n) is 11.2. The third-order valence-corrected chi connectivity index (χ3v) is 3.95. The Morgan fingerprint density at radius 3 is 2.70 bits per heavy atom. The molecular weight excluding hydrogens is 312 g/mol. The largest absolute Gasteiger partial charge is 0.326 e. The van der Waals surface area contributed by atoms with Gasteiger partial charge in [0.25, 0.3) is 0 Å². The number of hydrogen-bond donors (Lipinski definition) is 1. The number of aryl methyl sites for hydroxylation is 1. The lowest BCUT2D eigenvalue weighted by Gasteiger charge is -2.11. The second kappa shape index (κ2) is 5.35. The molecule has 0 radical (unpaired) electrons. The molecule has 0 aliphatic carbocycles. The maximum Gasteiger partial charge on any atom is 0.0742 e. The highest BCUT2D eigenvalue weighted by Crippen LogP contribution is 2.28. The van der Waals surface area contributed by atoms with E-state index in [2.05, 4.69) is 47.1 Å². The summed E-state index contributed by atoms with van der Waals surface area (Å²) in [5.74, 6) is 0. The number of rotatable bonds is 2. The molecule has 3 heteroatoms. The lowest BCUT2D eigenvalue weighted by Crippen LogP contribution is -2.00. The molecule has 3 rings (SSSR count). The van der Waals surface area contributed by atoms with Gasteiger partial charge in [0.1, 0.15) is 0 Å². The van der Waals surface area contributed by atoms with Crippen molar-refractivity contribution in [2.75, 3.05) is 0 Å². The summed E-state index contributed by atoms with van der Waals surface area (Å²) < 4.78 is 1.07. The van der Waals surface area contributed by atoms with Crippen LogP contribution in [0.2, 0.25) is 0 Å². The van der Waals surface area contributed by atoms with Crippen molar-refractivity contribution in [2.24, 2.45) is 5.73 Å². The van der Waals surface area contributed by atoms with E-state index in [0.29, 0.717) is 6.54 Å². The first-order valence-corrected chi connectivity index (χ1v) is 7.33. The topological polar surface area (TPSA) is 38.9 Å². The molecule has 0 amide bonds. The molecular formula is C17H15BrN2. The summed E-state index contributed by atoms with van der Waals surface area (Å²) >= 11 is 3.50. The van der Waals surface area contributed by atoms with E-state index in [-0.39, 0.29) is 0 Å². The van der Waals surface area contributed by atoms with E-state index in [4.69, 9.17) is 10.7 Å². The van der Waals surface area contributed by atoms with Gasteiger partial charge in [0.05, 0.1) is 11.2 Å². The summed E-state index contributed by atoms with van der Waals surface area (Å²) in [7, 11) is 0. The lowest BCUT2D eigenvalue weighted by atomic mass is 9.99. The predicted molar refractivity (Wildman–Crippen MR) is 87.5 cm³/mol. The Labute approximate surface area is 126 Å². The van der Waals surface area contributed by atoms with Crippen molar-refractivity contribution in [1.29, 1.82) is 0 Å². The van der Waals surface area contributed by atoms with Gasteiger partial charge >= 0.3 is 0 Å². The normalized spacial score (nSPS) is 10.9. The van der Waals surface area contributed by atoms with E-state index in [1.54, 1.807) is 0 Å². The number of nitrogens with two attached hydrogens (primary N) is 1. The van der Waals surface area contributed by atoms with Gasteiger partial charge in [0.15, 0.2) is 0 Å². The molecule has 3 aromatic rings. The van der Waals surface area contributed by atoms with E-state index in [1.165, 1.54) is 0 Å². The molecule has 2 aromatic carbocycles. The fraction of sp³-hybridized carbons (Fsp3) is 0.118. The Morgan fingerprint density at radius 1 is 1.10 bits per heavy atom. The van der Waals surface area contributed by atoms with Crippen molar-refractivity contribution in [1.82, 2.24) is 4.98 Å². The zero-order valence-corrected chi connectivity index (χ0v) is 12.8. The fourth-order valence-corrected chi connectivity index (χ4v) is 2.83. The van der Waals surface area contributed by atoms with E-state index in [0.717, 1.165) is 37.8 Å². The summed E-state index contributed by atoms with van der Waals surface area (Å²) in [4.78, 5) is 4.82. The maximum absolute atomic E-state index is 5.84. The van der Waals surface area contributed by atoms with Crippen LogP contribution in [0, 0.1) is 6.92 Å².